The summed E-state index contributed by atoms with van der Waals surface area (Å²) < 4.78 is 17.4. The highest BCUT2D eigenvalue weighted by molar-refractivity contribution is 7.09. The third-order valence-corrected chi connectivity index (χ3v) is 5.61. The molecule has 2 aromatic rings. The van der Waals surface area contributed by atoms with Crippen molar-refractivity contribution in [3.05, 3.63) is 41.5 Å². The lowest BCUT2D eigenvalue weighted by Gasteiger charge is -2.32. The zero-order valence-electron chi connectivity index (χ0n) is 15.2. The minimum absolute atomic E-state index is 0.00204. The van der Waals surface area contributed by atoms with Crippen LogP contribution in [0.3, 0.4) is 0 Å². The zero-order chi connectivity index (χ0) is 18.5. The van der Waals surface area contributed by atoms with E-state index in [1.165, 1.54) is 23.7 Å². The molecule has 7 heteroatoms. The maximum Gasteiger partial charge on any atom is 0.225 e. The summed E-state index contributed by atoms with van der Waals surface area (Å²) in [5.41, 5.74) is 0.986. The number of carbonyl (C=O) groups is 1. The molecular formula is C19H25FN4OS. The summed E-state index contributed by atoms with van der Waals surface area (Å²) >= 11 is 1.37. The Labute approximate surface area is 157 Å². The van der Waals surface area contributed by atoms with Gasteiger partial charge in [-0.25, -0.2) is 9.37 Å². The van der Waals surface area contributed by atoms with E-state index in [1.807, 2.05) is 6.92 Å². The molecule has 2 atom stereocenters. The second-order valence-corrected chi connectivity index (χ2v) is 7.63. The van der Waals surface area contributed by atoms with Gasteiger partial charge in [0.2, 0.25) is 11.0 Å². The van der Waals surface area contributed by atoms with Crippen molar-refractivity contribution in [1.29, 1.82) is 0 Å². The molecule has 0 spiro atoms. The molecule has 1 aromatic heterocycles. The topological polar surface area (TPSA) is 58.1 Å². The van der Waals surface area contributed by atoms with Crippen LogP contribution in [0.15, 0.2) is 24.3 Å². The Bertz CT molecular complexity index is 733. The smallest absolute Gasteiger partial charge is 0.225 e. The van der Waals surface area contributed by atoms with Crippen LogP contribution in [0.5, 0.6) is 0 Å². The molecule has 1 aromatic carbocycles. The summed E-state index contributed by atoms with van der Waals surface area (Å²) in [6.45, 7) is 5.69. The van der Waals surface area contributed by atoms with Crippen molar-refractivity contribution in [2.45, 2.75) is 45.6 Å². The van der Waals surface area contributed by atoms with Gasteiger partial charge in [-0.3, -0.25) is 4.79 Å². The first-order valence-electron chi connectivity index (χ1n) is 9.17. The molecule has 0 unspecified atom stereocenters. The van der Waals surface area contributed by atoms with Gasteiger partial charge in [0.15, 0.2) is 0 Å². The highest BCUT2D eigenvalue weighted by Crippen LogP contribution is 2.25. The summed E-state index contributed by atoms with van der Waals surface area (Å²) in [6.07, 6.45) is 3.42. The van der Waals surface area contributed by atoms with Crippen LogP contribution < -0.4 is 10.2 Å². The monoisotopic (exact) mass is 376 g/mol. The van der Waals surface area contributed by atoms with Gasteiger partial charge < -0.3 is 10.2 Å². The molecule has 1 fully saturated rings. The van der Waals surface area contributed by atoms with Crippen LogP contribution in [0.1, 0.15) is 44.5 Å². The Morgan fingerprint density at radius 1 is 1.42 bits per heavy atom. The van der Waals surface area contributed by atoms with E-state index < -0.39 is 0 Å². The summed E-state index contributed by atoms with van der Waals surface area (Å²) in [5.74, 6) is 0.640. The number of carbonyl (C=O) groups excluding carboxylic acids is 1. The van der Waals surface area contributed by atoms with Crippen molar-refractivity contribution < 1.29 is 9.18 Å². The van der Waals surface area contributed by atoms with E-state index in [1.54, 1.807) is 12.1 Å². The first-order valence-corrected chi connectivity index (χ1v) is 9.95. The van der Waals surface area contributed by atoms with Gasteiger partial charge in [0.25, 0.3) is 0 Å². The van der Waals surface area contributed by atoms with Crippen molar-refractivity contribution in [1.82, 2.24) is 14.7 Å². The average molecular weight is 377 g/mol. The van der Waals surface area contributed by atoms with Gasteiger partial charge in [-0.05, 0) is 43.9 Å². The Hall–Kier alpha value is -2.02. The predicted molar refractivity (Wildman–Crippen MR) is 102 cm³/mol. The maximum atomic E-state index is 13.0. The summed E-state index contributed by atoms with van der Waals surface area (Å²) in [5, 5.41) is 3.95. The SMILES string of the molecule is CC[C@H](C)NC(=O)[C@@H]1CCCN(c2nc(Cc3ccc(F)cc3)ns2)C1. The number of hydrogen-bond acceptors (Lipinski definition) is 5. The fraction of sp³-hybridized carbons (Fsp3) is 0.526. The molecule has 2 heterocycles. The summed E-state index contributed by atoms with van der Waals surface area (Å²) in [7, 11) is 0. The van der Waals surface area contributed by atoms with E-state index in [0.29, 0.717) is 13.0 Å². The molecule has 140 valence electrons. The first kappa shape index (κ1) is 18.8. The fourth-order valence-corrected chi connectivity index (χ4v) is 3.78. The highest BCUT2D eigenvalue weighted by Gasteiger charge is 2.28. The van der Waals surface area contributed by atoms with Crippen molar-refractivity contribution in [2.24, 2.45) is 5.92 Å². The summed E-state index contributed by atoms with van der Waals surface area (Å²) in [4.78, 5) is 19.2. The predicted octanol–water partition coefficient (Wildman–Crippen LogP) is 3.40. The molecule has 5 nitrogen and oxygen atoms in total. The van der Waals surface area contributed by atoms with E-state index in [9.17, 15) is 9.18 Å². The van der Waals surface area contributed by atoms with Crippen LogP contribution in [0.4, 0.5) is 9.52 Å². The molecule has 1 aliphatic rings. The number of amides is 1. The molecule has 0 radical (unpaired) electrons. The van der Waals surface area contributed by atoms with Crippen LogP contribution in [0, 0.1) is 11.7 Å². The Morgan fingerprint density at radius 2 is 2.19 bits per heavy atom. The van der Waals surface area contributed by atoms with Crippen LogP contribution in [-0.4, -0.2) is 34.4 Å². The molecule has 0 saturated carbocycles. The lowest BCUT2D eigenvalue weighted by molar-refractivity contribution is -0.125. The standard InChI is InChI=1S/C19H25FN4OS/c1-3-13(2)21-18(25)15-5-4-10-24(12-15)19-22-17(23-26-19)11-14-6-8-16(20)9-7-14/h6-9,13,15H,3-5,10-12H2,1-2H3,(H,21,25)/t13-,15+/m0/s1. The Balaban J connectivity index is 1.61. The zero-order valence-corrected chi connectivity index (χ0v) is 16.1. The number of nitrogens with one attached hydrogen (secondary N) is 1. The normalized spacial score (nSPS) is 18.6. The van der Waals surface area contributed by atoms with Gasteiger partial charge in [-0.15, -0.1) is 0 Å². The van der Waals surface area contributed by atoms with E-state index in [-0.39, 0.29) is 23.7 Å². The third-order valence-electron chi connectivity index (χ3n) is 4.80. The van der Waals surface area contributed by atoms with Gasteiger partial charge >= 0.3 is 0 Å². The van der Waals surface area contributed by atoms with Gasteiger partial charge in [0.05, 0.1) is 5.92 Å². The fourth-order valence-electron chi connectivity index (χ4n) is 3.06. The second kappa shape index (κ2) is 8.58. The van der Waals surface area contributed by atoms with Crippen LogP contribution in [-0.2, 0) is 11.2 Å². The maximum absolute atomic E-state index is 13.0. The summed E-state index contributed by atoms with van der Waals surface area (Å²) in [6, 6.07) is 6.63. The Kier molecular flexibility index (Phi) is 6.19. The molecule has 0 bridgehead atoms. The average Bonchev–Trinajstić information content (AvgIpc) is 3.12. The van der Waals surface area contributed by atoms with Crippen molar-refractivity contribution in [2.75, 3.05) is 18.0 Å². The lowest BCUT2D eigenvalue weighted by Crippen LogP contribution is -2.45. The van der Waals surface area contributed by atoms with E-state index in [4.69, 9.17) is 0 Å². The minimum Gasteiger partial charge on any atom is -0.353 e. The second-order valence-electron chi connectivity index (χ2n) is 6.90. The van der Waals surface area contributed by atoms with Crippen molar-refractivity contribution in [3.8, 4) is 0 Å². The molecule has 0 aliphatic carbocycles. The molecule has 1 aliphatic heterocycles. The van der Waals surface area contributed by atoms with Crippen molar-refractivity contribution in [3.63, 3.8) is 0 Å². The largest absolute Gasteiger partial charge is 0.353 e. The first-order chi connectivity index (χ1) is 12.5. The van der Waals surface area contributed by atoms with Crippen LogP contribution in [0.25, 0.3) is 0 Å². The number of anilines is 1. The highest BCUT2D eigenvalue weighted by atomic mass is 32.1. The minimum atomic E-state index is -0.240. The number of hydrogen-bond donors (Lipinski definition) is 1. The van der Waals surface area contributed by atoms with E-state index in [0.717, 1.165) is 42.3 Å². The van der Waals surface area contributed by atoms with E-state index in [2.05, 4.69) is 26.5 Å². The number of halogens is 1. The quantitative estimate of drug-likeness (QED) is 0.839. The van der Waals surface area contributed by atoms with Gasteiger partial charge in [-0.1, -0.05) is 19.1 Å². The molecule has 3 rings (SSSR count). The molecule has 1 saturated heterocycles. The number of benzene rings is 1. The molecule has 1 amide bonds. The van der Waals surface area contributed by atoms with Crippen LogP contribution >= 0.6 is 11.5 Å². The molecule has 1 N–H and O–H groups in total. The van der Waals surface area contributed by atoms with Crippen LogP contribution in [0.2, 0.25) is 0 Å². The van der Waals surface area contributed by atoms with Gasteiger partial charge in [0, 0.05) is 37.1 Å². The van der Waals surface area contributed by atoms with Crippen molar-refractivity contribution >= 4 is 22.6 Å². The molecular weight excluding hydrogens is 351 g/mol. The third kappa shape index (κ3) is 4.78. The van der Waals surface area contributed by atoms with E-state index >= 15 is 0 Å². The lowest BCUT2D eigenvalue weighted by atomic mass is 9.97. The Morgan fingerprint density at radius 3 is 2.92 bits per heavy atom. The number of rotatable bonds is 6. The molecule has 26 heavy (non-hydrogen) atoms. The number of nitrogens with zero attached hydrogens (tertiary/aromatic N) is 3. The van der Waals surface area contributed by atoms with Gasteiger partial charge in [-0.2, -0.15) is 4.37 Å². The number of aromatic nitrogens is 2. The van der Waals surface area contributed by atoms with Gasteiger partial charge in [0.1, 0.15) is 11.6 Å². The number of piperidine rings is 1.